The van der Waals surface area contributed by atoms with E-state index in [1.807, 2.05) is 13.8 Å². The summed E-state index contributed by atoms with van der Waals surface area (Å²) in [4.78, 5) is 12.8. The van der Waals surface area contributed by atoms with E-state index in [1.165, 1.54) is 11.9 Å². The van der Waals surface area contributed by atoms with Crippen LogP contribution in [0.3, 0.4) is 0 Å². The van der Waals surface area contributed by atoms with Crippen LogP contribution in [0.15, 0.2) is 17.0 Å². The Morgan fingerprint density at radius 2 is 2.00 bits per heavy atom. The monoisotopic (exact) mass is 355 g/mol. The summed E-state index contributed by atoms with van der Waals surface area (Å²) in [5, 5.41) is -0.0732. The van der Waals surface area contributed by atoms with Gasteiger partial charge in [-0.3, -0.25) is 4.79 Å². The molecule has 0 N–H and O–H groups in total. The second-order valence-corrected chi connectivity index (χ2v) is 7.87. The molecular formula is C13H16Cl2FNO3S. The summed E-state index contributed by atoms with van der Waals surface area (Å²) in [5.74, 6) is -1.59. The number of nitrogens with zero attached hydrogens (tertiary/aromatic N) is 1. The number of rotatable bonds is 5. The van der Waals surface area contributed by atoms with E-state index in [9.17, 15) is 17.6 Å². The van der Waals surface area contributed by atoms with E-state index < -0.39 is 31.2 Å². The fraction of sp³-hybridized carbons (Fsp3) is 0.462. The first kappa shape index (κ1) is 18.2. The first-order valence-electron chi connectivity index (χ1n) is 6.27. The predicted molar refractivity (Wildman–Crippen MR) is 80.9 cm³/mol. The molecular weight excluding hydrogens is 340 g/mol. The normalized spacial score (nSPS) is 13.0. The van der Waals surface area contributed by atoms with E-state index in [2.05, 4.69) is 0 Å². The Morgan fingerprint density at radius 1 is 1.43 bits per heavy atom. The van der Waals surface area contributed by atoms with E-state index in [0.29, 0.717) is 6.54 Å². The van der Waals surface area contributed by atoms with Gasteiger partial charge < -0.3 is 4.90 Å². The third-order valence-corrected chi connectivity index (χ3v) is 4.67. The minimum absolute atomic E-state index is 0.0732. The second-order valence-electron chi connectivity index (χ2n) is 4.90. The van der Waals surface area contributed by atoms with E-state index in [1.54, 1.807) is 0 Å². The lowest BCUT2D eigenvalue weighted by Gasteiger charge is -2.21. The Morgan fingerprint density at radius 3 is 2.48 bits per heavy atom. The number of hydrogen-bond donors (Lipinski definition) is 0. The second kappa shape index (κ2) is 6.94. The zero-order chi connectivity index (χ0) is 16.4. The molecule has 1 rings (SSSR count). The largest absolute Gasteiger partial charge is 0.341 e. The predicted octanol–water partition coefficient (Wildman–Crippen LogP) is 3.52. The fourth-order valence-corrected chi connectivity index (χ4v) is 2.99. The number of benzene rings is 1. The summed E-state index contributed by atoms with van der Waals surface area (Å²) >= 11 is 5.75. The van der Waals surface area contributed by atoms with Gasteiger partial charge in [-0.25, -0.2) is 12.8 Å². The van der Waals surface area contributed by atoms with Gasteiger partial charge in [0.2, 0.25) is 0 Å². The standard InChI is InChI=1S/C13H16Cl2FNO3S/c1-4-8(2)7-17(3)13(18)10-5-9(14)6-11(12(10)16)21(15,19)20/h5-6,8H,4,7H2,1-3H3. The quantitative estimate of drug-likeness (QED) is 0.759. The Balaban J connectivity index is 3.25. The van der Waals surface area contributed by atoms with Crippen LogP contribution in [-0.4, -0.2) is 32.8 Å². The van der Waals surface area contributed by atoms with Crippen molar-refractivity contribution < 1.29 is 17.6 Å². The molecule has 1 atom stereocenters. The first-order chi connectivity index (χ1) is 9.57. The molecule has 21 heavy (non-hydrogen) atoms. The van der Waals surface area contributed by atoms with Crippen LogP contribution in [0.4, 0.5) is 4.39 Å². The molecule has 4 nitrogen and oxygen atoms in total. The van der Waals surface area contributed by atoms with Gasteiger partial charge in [0.25, 0.3) is 15.0 Å². The molecule has 1 aromatic rings. The van der Waals surface area contributed by atoms with Gasteiger partial charge in [-0.05, 0) is 18.1 Å². The highest BCUT2D eigenvalue weighted by atomic mass is 35.7. The van der Waals surface area contributed by atoms with E-state index in [4.69, 9.17) is 22.3 Å². The molecule has 118 valence electrons. The molecule has 1 unspecified atom stereocenters. The highest BCUT2D eigenvalue weighted by Crippen LogP contribution is 2.27. The van der Waals surface area contributed by atoms with Gasteiger partial charge >= 0.3 is 0 Å². The lowest BCUT2D eigenvalue weighted by molar-refractivity contribution is 0.0769. The van der Waals surface area contributed by atoms with Crippen molar-refractivity contribution >= 4 is 37.2 Å². The third kappa shape index (κ3) is 4.56. The lowest BCUT2D eigenvalue weighted by Crippen LogP contribution is -2.31. The van der Waals surface area contributed by atoms with Crippen LogP contribution in [0.1, 0.15) is 30.6 Å². The molecule has 0 bridgehead atoms. The number of carbonyl (C=O) groups is 1. The summed E-state index contributed by atoms with van der Waals surface area (Å²) < 4.78 is 36.8. The Bertz CT molecular complexity index is 649. The van der Waals surface area contributed by atoms with E-state index >= 15 is 0 Å². The molecule has 1 aromatic carbocycles. The van der Waals surface area contributed by atoms with Gasteiger partial charge in [0.15, 0.2) is 5.82 Å². The molecule has 0 aromatic heterocycles. The summed E-state index contributed by atoms with van der Waals surface area (Å²) in [5.41, 5.74) is -0.410. The molecule has 0 heterocycles. The van der Waals surface area contributed by atoms with Crippen LogP contribution in [0.2, 0.25) is 5.02 Å². The molecule has 0 spiro atoms. The highest BCUT2D eigenvalue weighted by molar-refractivity contribution is 8.13. The van der Waals surface area contributed by atoms with Crippen LogP contribution >= 0.6 is 22.3 Å². The maximum atomic E-state index is 14.2. The smallest absolute Gasteiger partial charge is 0.264 e. The SMILES string of the molecule is CCC(C)CN(C)C(=O)c1cc(Cl)cc(S(=O)(=O)Cl)c1F. The van der Waals surface area contributed by atoms with Gasteiger partial charge in [0.1, 0.15) is 4.90 Å². The fourth-order valence-electron chi connectivity index (χ4n) is 1.78. The van der Waals surface area contributed by atoms with Crippen molar-refractivity contribution in [3.8, 4) is 0 Å². The molecule has 0 aliphatic carbocycles. The van der Waals surface area contributed by atoms with Gasteiger partial charge in [0, 0.05) is 29.3 Å². The average Bonchev–Trinajstić information content (AvgIpc) is 2.38. The van der Waals surface area contributed by atoms with Crippen LogP contribution in [-0.2, 0) is 9.05 Å². The van der Waals surface area contributed by atoms with Crippen LogP contribution in [0, 0.1) is 11.7 Å². The Labute approximate surface area is 133 Å². The summed E-state index contributed by atoms with van der Waals surface area (Å²) in [7, 11) is 2.34. The number of hydrogen-bond acceptors (Lipinski definition) is 3. The average molecular weight is 356 g/mol. The molecule has 0 aliphatic heterocycles. The van der Waals surface area contributed by atoms with Crippen molar-refractivity contribution in [3.63, 3.8) is 0 Å². The minimum Gasteiger partial charge on any atom is -0.341 e. The summed E-state index contributed by atoms with van der Waals surface area (Å²) in [6.45, 7) is 4.35. The van der Waals surface area contributed by atoms with Gasteiger partial charge in [-0.1, -0.05) is 31.9 Å². The minimum atomic E-state index is -4.32. The molecule has 1 amide bonds. The number of halogens is 3. The van der Waals surface area contributed by atoms with Gasteiger partial charge in [-0.15, -0.1) is 0 Å². The Kier molecular flexibility index (Phi) is 6.01. The molecule has 0 radical (unpaired) electrons. The molecule has 0 aliphatic rings. The van der Waals surface area contributed by atoms with Crippen LogP contribution in [0.5, 0.6) is 0 Å². The number of carbonyl (C=O) groups excluding carboxylic acids is 1. The van der Waals surface area contributed by atoms with Crippen molar-refractivity contribution in [2.24, 2.45) is 5.92 Å². The van der Waals surface area contributed by atoms with Gasteiger partial charge in [0.05, 0.1) is 5.56 Å². The molecule has 0 saturated carbocycles. The highest BCUT2D eigenvalue weighted by Gasteiger charge is 2.25. The zero-order valence-electron chi connectivity index (χ0n) is 11.9. The third-order valence-electron chi connectivity index (χ3n) is 3.13. The Hall–Kier alpha value is -0.850. The van der Waals surface area contributed by atoms with Crippen molar-refractivity contribution in [2.45, 2.75) is 25.2 Å². The molecule has 8 heteroatoms. The van der Waals surface area contributed by atoms with E-state index in [-0.39, 0.29) is 10.9 Å². The summed E-state index contributed by atoms with van der Waals surface area (Å²) in [6.07, 6.45) is 0.858. The topological polar surface area (TPSA) is 54.5 Å². The lowest BCUT2D eigenvalue weighted by atomic mass is 10.1. The zero-order valence-corrected chi connectivity index (χ0v) is 14.2. The van der Waals surface area contributed by atoms with Crippen LogP contribution in [0.25, 0.3) is 0 Å². The van der Waals surface area contributed by atoms with Crippen LogP contribution < -0.4 is 0 Å². The molecule has 0 fully saturated rings. The van der Waals surface area contributed by atoms with Crippen molar-refractivity contribution in [1.82, 2.24) is 4.90 Å². The van der Waals surface area contributed by atoms with E-state index in [0.717, 1.165) is 18.6 Å². The first-order valence-corrected chi connectivity index (χ1v) is 8.95. The number of amides is 1. The maximum Gasteiger partial charge on any atom is 0.264 e. The molecule has 0 saturated heterocycles. The van der Waals surface area contributed by atoms with Crippen molar-refractivity contribution in [3.05, 3.63) is 28.5 Å². The van der Waals surface area contributed by atoms with Crippen molar-refractivity contribution in [2.75, 3.05) is 13.6 Å². The van der Waals surface area contributed by atoms with Crippen molar-refractivity contribution in [1.29, 1.82) is 0 Å². The summed E-state index contributed by atoms with van der Waals surface area (Å²) in [6, 6.07) is 1.97. The van der Waals surface area contributed by atoms with Gasteiger partial charge in [-0.2, -0.15) is 0 Å². The maximum absolute atomic E-state index is 14.2.